The number of ether oxygens (including phenoxy) is 2. The summed E-state index contributed by atoms with van der Waals surface area (Å²) in [5.74, 6) is 1.09. The highest BCUT2D eigenvalue weighted by molar-refractivity contribution is 6.06. The standard InChI is InChI=1S/C20H25N3O5/c1-20(2)18(25)23(19(26)21-20)9-7-17(24)22-8-3-4-14(22)13-5-6-15-16(12-13)28-11-10-27-15/h5-6,12,14H,3-4,7-11H2,1-2H3,(H,21,26)/t14-/m1/s1. The van der Waals surface area contributed by atoms with Crippen molar-refractivity contribution in [3.05, 3.63) is 23.8 Å². The van der Waals surface area contributed by atoms with Crippen LogP contribution in [-0.2, 0) is 9.59 Å². The largest absolute Gasteiger partial charge is 0.486 e. The third-order valence-electron chi connectivity index (χ3n) is 5.52. The first-order valence-corrected chi connectivity index (χ1v) is 9.70. The van der Waals surface area contributed by atoms with Crippen LogP contribution in [0, 0.1) is 0 Å². The van der Waals surface area contributed by atoms with Gasteiger partial charge in [0, 0.05) is 19.5 Å². The van der Waals surface area contributed by atoms with Gasteiger partial charge in [-0.2, -0.15) is 0 Å². The first-order chi connectivity index (χ1) is 13.4. The van der Waals surface area contributed by atoms with Crippen LogP contribution in [0.2, 0.25) is 0 Å². The van der Waals surface area contributed by atoms with Crippen LogP contribution in [0.3, 0.4) is 0 Å². The molecule has 2 saturated heterocycles. The van der Waals surface area contributed by atoms with Gasteiger partial charge < -0.3 is 19.7 Å². The second kappa shape index (κ2) is 7.00. The van der Waals surface area contributed by atoms with Crippen LogP contribution in [0.1, 0.15) is 44.7 Å². The van der Waals surface area contributed by atoms with E-state index in [0.717, 1.165) is 29.1 Å². The number of fused-ring (bicyclic) bond motifs is 1. The van der Waals surface area contributed by atoms with E-state index >= 15 is 0 Å². The first kappa shape index (κ1) is 18.6. The minimum Gasteiger partial charge on any atom is -0.486 e. The molecule has 0 spiro atoms. The van der Waals surface area contributed by atoms with E-state index in [1.807, 2.05) is 23.1 Å². The zero-order chi connectivity index (χ0) is 19.9. The highest BCUT2D eigenvalue weighted by Gasteiger charge is 2.44. The van der Waals surface area contributed by atoms with Gasteiger partial charge in [0.05, 0.1) is 6.04 Å². The highest BCUT2D eigenvalue weighted by Crippen LogP contribution is 2.38. The number of hydrogen-bond donors (Lipinski definition) is 1. The predicted molar refractivity (Wildman–Crippen MR) is 100 cm³/mol. The minimum atomic E-state index is -0.915. The van der Waals surface area contributed by atoms with Crippen molar-refractivity contribution in [2.45, 2.75) is 44.7 Å². The van der Waals surface area contributed by atoms with Gasteiger partial charge in [-0.25, -0.2) is 4.79 Å². The molecule has 0 aliphatic carbocycles. The molecule has 0 aromatic heterocycles. The van der Waals surface area contributed by atoms with Crippen LogP contribution in [0.25, 0.3) is 0 Å². The van der Waals surface area contributed by atoms with Gasteiger partial charge in [0.2, 0.25) is 5.91 Å². The smallest absolute Gasteiger partial charge is 0.325 e. The highest BCUT2D eigenvalue weighted by atomic mass is 16.6. The first-order valence-electron chi connectivity index (χ1n) is 9.70. The van der Waals surface area contributed by atoms with Crippen molar-refractivity contribution in [1.82, 2.24) is 15.1 Å². The lowest BCUT2D eigenvalue weighted by molar-refractivity contribution is -0.133. The van der Waals surface area contributed by atoms with Gasteiger partial charge in [-0.05, 0) is 44.4 Å². The third kappa shape index (κ3) is 3.27. The van der Waals surface area contributed by atoms with E-state index in [4.69, 9.17) is 9.47 Å². The summed E-state index contributed by atoms with van der Waals surface area (Å²) in [7, 11) is 0. The molecule has 3 aliphatic heterocycles. The Hall–Kier alpha value is -2.77. The fourth-order valence-electron chi connectivity index (χ4n) is 4.05. The molecule has 8 heteroatoms. The number of nitrogens with zero attached hydrogens (tertiary/aromatic N) is 2. The lowest BCUT2D eigenvalue weighted by Gasteiger charge is -2.27. The molecular weight excluding hydrogens is 362 g/mol. The molecule has 4 rings (SSSR count). The van der Waals surface area contributed by atoms with E-state index < -0.39 is 11.6 Å². The van der Waals surface area contributed by atoms with E-state index in [9.17, 15) is 14.4 Å². The molecule has 3 heterocycles. The van der Waals surface area contributed by atoms with Gasteiger partial charge in [0.1, 0.15) is 18.8 Å². The van der Waals surface area contributed by atoms with E-state index in [1.165, 1.54) is 0 Å². The zero-order valence-corrected chi connectivity index (χ0v) is 16.2. The fraction of sp³-hybridized carbons (Fsp3) is 0.550. The summed E-state index contributed by atoms with van der Waals surface area (Å²) in [6, 6.07) is 5.35. The molecule has 0 unspecified atom stereocenters. The van der Waals surface area contributed by atoms with Gasteiger partial charge in [-0.1, -0.05) is 6.07 Å². The molecule has 28 heavy (non-hydrogen) atoms. The van der Waals surface area contributed by atoms with Gasteiger partial charge in [-0.15, -0.1) is 0 Å². The van der Waals surface area contributed by atoms with Crippen LogP contribution in [0.15, 0.2) is 18.2 Å². The van der Waals surface area contributed by atoms with Gasteiger partial charge >= 0.3 is 6.03 Å². The van der Waals surface area contributed by atoms with Gasteiger partial charge in [-0.3, -0.25) is 14.5 Å². The molecule has 1 aromatic carbocycles. The maximum atomic E-state index is 12.8. The molecule has 150 valence electrons. The molecule has 0 saturated carbocycles. The Kier molecular flexibility index (Phi) is 4.64. The van der Waals surface area contributed by atoms with E-state index in [-0.39, 0.29) is 30.8 Å². The Labute approximate surface area is 163 Å². The maximum Gasteiger partial charge on any atom is 0.325 e. The van der Waals surface area contributed by atoms with E-state index in [2.05, 4.69) is 5.32 Å². The summed E-state index contributed by atoms with van der Waals surface area (Å²) < 4.78 is 11.2. The number of likely N-dealkylation sites (tertiary alicyclic amines) is 1. The molecule has 2 fully saturated rings. The molecular formula is C20H25N3O5. The second-order valence-electron chi connectivity index (χ2n) is 7.91. The summed E-state index contributed by atoms with van der Waals surface area (Å²) in [5, 5.41) is 2.64. The average Bonchev–Trinajstić information content (AvgIpc) is 3.23. The number of urea groups is 1. The number of nitrogens with one attached hydrogen (secondary N) is 1. The number of amides is 4. The molecule has 3 aliphatic rings. The summed E-state index contributed by atoms with van der Waals surface area (Å²) in [6.45, 7) is 5.15. The quantitative estimate of drug-likeness (QED) is 0.797. The van der Waals surface area contributed by atoms with Crippen LogP contribution in [0.4, 0.5) is 4.79 Å². The lowest BCUT2D eigenvalue weighted by Crippen LogP contribution is -2.41. The summed E-state index contributed by atoms with van der Waals surface area (Å²) in [6.07, 6.45) is 1.92. The molecule has 0 bridgehead atoms. The molecule has 1 aromatic rings. The number of carbonyl (C=O) groups excluding carboxylic acids is 3. The van der Waals surface area contributed by atoms with Gasteiger partial charge in [0.25, 0.3) is 5.91 Å². The van der Waals surface area contributed by atoms with Crippen molar-refractivity contribution in [2.75, 3.05) is 26.3 Å². The van der Waals surface area contributed by atoms with Crippen LogP contribution >= 0.6 is 0 Å². The Bertz CT molecular complexity index is 822. The maximum absolute atomic E-state index is 12.8. The Morgan fingerprint density at radius 3 is 2.68 bits per heavy atom. The van der Waals surface area contributed by atoms with Gasteiger partial charge in [0.15, 0.2) is 11.5 Å². The normalized spacial score (nSPS) is 23.1. The average molecular weight is 387 g/mol. The van der Waals surface area contributed by atoms with Crippen LogP contribution in [0.5, 0.6) is 11.5 Å². The van der Waals surface area contributed by atoms with Crippen molar-refractivity contribution >= 4 is 17.8 Å². The van der Waals surface area contributed by atoms with Crippen LogP contribution < -0.4 is 14.8 Å². The third-order valence-corrected chi connectivity index (χ3v) is 5.52. The SMILES string of the molecule is CC1(C)NC(=O)N(CCC(=O)N2CCC[C@@H]2c2ccc3c(c2)OCCO3)C1=O. The number of rotatable bonds is 4. The van der Waals surface area contributed by atoms with E-state index in [1.54, 1.807) is 13.8 Å². The van der Waals surface area contributed by atoms with Crippen molar-refractivity contribution in [3.8, 4) is 11.5 Å². The monoisotopic (exact) mass is 387 g/mol. The Morgan fingerprint density at radius 1 is 1.21 bits per heavy atom. The molecule has 1 atom stereocenters. The summed E-state index contributed by atoms with van der Waals surface area (Å²) in [4.78, 5) is 40.1. The predicted octanol–water partition coefficient (Wildman–Crippen LogP) is 1.84. The lowest BCUT2D eigenvalue weighted by atomic mass is 10.0. The number of carbonyl (C=O) groups is 3. The van der Waals surface area contributed by atoms with Crippen molar-refractivity contribution in [2.24, 2.45) is 0 Å². The molecule has 0 radical (unpaired) electrons. The molecule has 8 nitrogen and oxygen atoms in total. The second-order valence-corrected chi connectivity index (χ2v) is 7.91. The van der Waals surface area contributed by atoms with Crippen LogP contribution in [-0.4, -0.2) is 59.5 Å². The number of hydrogen-bond acceptors (Lipinski definition) is 5. The Balaban J connectivity index is 1.43. The fourth-order valence-corrected chi connectivity index (χ4v) is 4.05. The summed E-state index contributed by atoms with van der Waals surface area (Å²) >= 11 is 0. The topological polar surface area (TPSA) is 88.2 Å². The minimum absolute atomic E-state index is 0.0251. The number of benzene rings is 1. The molecule has 1 N–H and O–H groups in total. The van der Waals surface area contributed by atoms with Crippen molar-refractivity contribution < 1.29 is 23.9 Å². The van der Waals surface area contributed by atoms with Crippen molar-refractivity contribution in [1.29, 1.82) is 0 Å². The molecule has 4 amide bonds. The Morgan fingerprint density at radius 2 is 1.96 bits per heavy atom. The number of imide groups is 1. The zero-order valence-electron chi connectivity index (χ0n) is 16.2. The van der Waals surface area contributed by atoms with Crippen molar-refractivity contribution in [3.63, 3.8) is 0 Å². The van der Waals surface area contributed by atoms with E-state index in [0.29, 0.717) is 25.5 Å². The summed E-state index contributed by atoms with van der Waals surface area (Å²) in [5.41, 5.74) is 0.104.